The van der Waals surface area contributed by atoms with Crippen LogP contribution in [0.5, 0.6) is 0 Å². The second-order valence-corrected chi connectivity index (χ2v) is 9.20. The summed E-state index contributed by atoms with van der Waals surface area (Å²) in [6, 6.07) is 4.30. The summed E-state index contributed by atoms with van der Waals surface area (Å²) in [5, 5.41) is 0. The highest BCUT2D eigenvalue weighted by atomic mass is 32.2. The molecule has 0 unspecified atom stereocenters. The quantitative estimate of drug-likeness (QED) is 0.656. The van der Waals surface area contributed by atoms with E-state index in [-0.39, 0.29) is 23.5 Å². The summed E-state index contributed by atoms with van der Waals surface area (Å²) < 4.78 is 45.7. The third kappa shape index (κ3) is 4.96. The minimum absolute atomic E-state index is 0.00335. The Labute approximate surface area is 180 Å². The van der Waals surface area contributed by atoms with Crippen molar-refractivity contribution >= 4 is 21.9 Å². The molecular weight excluding hydrogens is 425 g/mol. The number of nitrogens with zero attached hydrogens (tertiary/aromatic N) is 1. The molecule has 2 N–H and O–H groups in total. The molecular formula is C21H26FN3O5S. The molecule has 0 radical (unpaired) electrons. The minimum Gasteiger partial charge on any atom is -0.462 e. The van der Waals surface area contributed by atoms with Crippen molar-refractivity contribution in [3.05, 3.63) is 52.6 Å². The molecule has 0 aliphatic carbocycles. The predicted molar refractivity (Wildman–Crippen MR) is 112 cm³/mol. The summed E-state index contributed by atoms with van der Waals surface area (Å²) >= 11 is 0. The van der Waals surface area contributed by atoms with Crippen LogP contribution in [0.1, 0.15) is 51.9 Å². The summed E-state index contributed by atoms with van der Waals surface area (Å²) in [5.74, 6) is -1.22. The molecule has 1 aliphatic rings. The molecule has 0 spiro atoms. The van der Waals surface area contributed by atoms with Crippen LogP contribution < -0.4 is 4.72 Å². The van der Waals surface area contributed by atoms with E-state index >= 15 is 0 Å². The van der Waals surface area contributed by atoms with Crippen molar-refractivity contribution in [3.63, 3.8) is 0 Å². The minimum atomic E-state index is -3.77. The van der Waals surface area contributed by atoms with Gasteiger partial charge in [-0.1, -0.05) is 0 Å². The van der Waals surface area contributed by atoms with Gasteiger partial charge in [-0.05, 0) is 63.4 Å². The first kappa shape index (κ1) is 23.0. The van der Waals surface area contributed by atoms with Gasteiger partial charge in [-0.25, -0.2) is 22.3 Å². The summed E-state index contributed by atoms with van der Waals surface area (Å²) in [4.78, 5) is 29.8. The van der Waals surface area contributed by atoms with E-state index in [1.807, 2.05) is 0 Å². The van der Waals surface area contributed by atoms with Gasteiger partial charge in [-0.15, -0.1) is 0 Å². The fourth-order valence-electron chi connectivity index (χ4n) is 3.73. The highest BCUT2D eigenvalue weighted by molar-refractivity contribution is 7.89. The third-order valence-electron chi connectivity index (χ3n) is 5.36. The van der Waals surface area contributed by atoms with Crippen molar-refractivity contribution < 1.29 is 27.1 Å². The zero-order chi connectivity index (χ0) is 22.8. The number of halogens is 1. The van der Waals surface area contributed by atoms with Crippen LogP contribution in [0.25, 0.3) is 0 Å². The average molecular weight is 452 g/mol. The van der Waals surface area contributed by atoms with E-state index in [4.69, 9.17) is 4.74 Å². The molecule has 3 rings (SSSR count). The van der Waals surface area contributed by atoms with Gasteiger partial charge in [-0.2, -0.15) is 0 Å². The lowest BCUT2D eigenvalue weighted by Crippen LogP contribution is -2.46. The third-order valence-corrected chi connectivity index (χ3v) is 6.90. The number of H-pyrrole nitrogens is 1. The van der Waals surface area contributed by atoms with Crippen molar-refractivity contribution in [2.24, 2.45) is 0 Å². The smallest absolute Gasteiger partial charge is 0.340 e. The van der Waals surface area contributed by atoms with Gasteiger partial charge in [0.05, 0.1) is 17.1 Å². The van der Waals surface area contributed by atoms with Gasteiger partial charge in [0.15, 0.2) is 0 Å². The number of nitrogens with one attached hydrogen (secondary N) is 2. The van der Waals surface area contributed by atoms with Crippen LogP contribution in [0.3, 0.4) is 0 Å². The van der Waals surface area contributed by atoms with Gasteiger partial charge < -0.3 is 14.6 Å². The topological polar surface area (TPSA) is 109 Å². The first-order valence-corrected chi connectivity index (χ1v) is 11.6. The number of hydrogen-bond acceptors (Lipinski definition) is 5. The van der Waals surface area contributed by atoms with E-state index in [0.29, 0.717) is 48.4 Å². The fourth-order valence-corrected chi connectivity index (χ4v) is 5.04. The Hall–Kier alpha value is -2.72. The van der Waals surface area contributed by atoms with Crippen molar-refractivity contribution in [2.75, 3.05) is 19.7 Å². The van der Waals surface area contributed by atoms with E-state index in [9.17, 15) is 22.4 Å². The number of carbonyl (C=O) groups is 2. The SMILES string of the molecule is CCOC(=O)c1c(C)[nH]c(C(=O)N2CCC(NS(=O)(=O)c3ccc(F)cc3)CC2)c1C. The Kier molecular flexibility index (Phi) is 6.80. The fraction of sp³-hybridized carbons (Fsp3) is 0.429. The van der Waals surface area contributed by atoms with Crippen LogP contribution in [-0.4, -0.2) is 55.9 Å². The number of amides is 1. The summed E-state index contributed by atoms with van der Waals surface area (Å²) in [7, 11) is -3.77. The molecule has 1 aromatic carbocycles. The number of hydrogen-bond donors (Lipinski definition) is 2. The van der Waals surface area contributed by atoms with Crippen molar-refractivity contribution in [2.45, 2.75) is 44.6 Å². The molecule has 2 aromatic rings. The lowest BCUT2D eigenvalue weighted by atomic mass is 10.0. The lowest BCUT2D eigenvalue weighted by Gasteiger charge is -2.32. The first-order valence-electron chi connectivity index (χ1n) is 10.1. The Bertz CT molecular complexity index is 1070. The summed E-state index contributed by atoms with van der Waals surface area (Å²) in [6.45, 7) is 6.10. The Morgan fingerprint density at radius 1 is 1.19 bits per heavy atom. The number of aromatic amines is 1. The van der Waals surface area contributed by atoms with Gasteiger partial charge in [-0.3, -0.25) is 4.79 Å². The molecule has 0 atom stereocenters. The molecule has 8 nitrogen and oxygen atoms in total. The Morgan fingerprint density at radius 2 is 1.81 bits per heavy atom. The normalized spacial score (nSPS) is 15.2. The van der Waals surface area contributed by atoms with Crippen LogP contribution in [-0.2, 0) is 14.8 Å². The van der Waals surface area contributed by atoms with Crippen LogP contribution >= 0.6 is 0 Å². The van der Waals surface area contributed by atoms with Crippen molar-refractivity contribution in [1.82, 2.24) is 14.6 Å². The van der Waals surface area contributed by atoms with Crippen molar-refractivity contribution in [3.8, 4) is 0 Å². The first-order chi connectivity index (χ1) is 14.6. The molecule has 1 aliphatic heterocycles. The summed E-state index contributed by atoms with van der Waals surface area (Å²) in [5.41, 5.74) is 1.82. The predicted octanol–water partition coefficient (Wildman–Crippen LogP) is 2.53. The van der Waals surface area contributed by atoms with Crippen molar-refractivity contribution in [1.29, 1.82) is 0 Å². The molecule has 1 amide bonds. The van der Waals surface area contributed by atoms with E-state index in [1.165, 1.54) is 12.1 Å². The van der Waals surface area contributed by atoms with Gasteiger partial charge in [0, 0.05) is 24.8 Å². The molecule has 168 valence electrons. The van der Waals surface area contributed by atoms with E-state index in [2.05, 4.69) is 9.71 Å². The molecule has 31 heavy (non-hydrogen) atoms. The number of aryl methyl sites for hydroxylation is 1. The maximum Gasteiger partial charge on any atom is 0.340 e. The highest BCUT2D eigenvalue weighted by Gasteiger charge is 2.30. The van der Waals surface area contributed by atoms with E-state index in [1.54, 1.807) is 25.7 Å². The molecule has 1 aromatic heterocycles. The number of aromatic nitrogens is 1. The number of esters is 1. The van der Waals surface area contributed by atoms with Gasteiger partial charge in [0.25, 0.3) is 5.91 Å². The van der Waals surface area contributed by atoms with Crippen LogP contribution in [0.2, 0.25) is 0 Å². The second-order valence-electron chi connectivity index (χ2n) is 7.49. The molecule has 10 heteroatoms. The van der Waals surface area contributed by atoms with Crippen LogP contribution in [0, 0.1) is 19.7 Å². The number of carbonyl (C=O) groups excluding carboxylic acids is 2. The largest absolute Gasteiger partial charge is 0.462 e. The Morgan fingerprint density at radius 3 is 2.39 bits per heavy atom. The maximum absolute atomic E-state index is 13.0. The van der Waals surface area contributed by atoms with Crippen LogP contribution in [0.15, 0.2) is 29.2 Å². The zero-order valence-corrected chi connectivity index (χ0v) is 18.5. The monoisotopic (exact) mass is 451 g/mol. The van der Waals surface area contributed by atoms with Gasteiger partial charge in [0.1, 0.15) is 11.5 Å². The average Bonchev–Trinajstić information content (AvgIpc) is 3.02. The number of benzene rings is 1. The number of rotatable bonds is 6. The molecule has 0 saturated carbocycles. The van der Waals surface area contributed by atoms with Crippen LogP contribution in [0.4, 0.5) is 4.39 Å². The van der Waals surface area contributed by atoms with E-state index < -0.39 is 21.8 Å². The number of ether oxygens (including phenoxy) is 1. The highest BCUT2D eigenvalue weighted by Crippen LogP contribution is 2.23. The zero-order valence-electron chi connectivity index (χ0n) is 17.7. The molecule has 1 saturated heterocycles. The number of sulfonamides is 1. The molecule has 2 heterocycles. The standard InChI is InChI=1S/C21H26FN3O5S/c1-4-30-21(27)18-13(2)19(23-14(18)3)20(26)25-11-9-16(10-12-25)24-31(28,29)17-7-5-15(22)6-8-17/h5-8,16,23-24H,4,9-12H2,1-3H3. The molecule has 1 fully saturated rings. The summed E-state index contributed by atoms with van der Waals surface area (Å²) in [6.07, 6.45) is 0.880. The van der Waals surface area contributed by atoms with Gasteiger partial charge >= 0.3 is 5.97 Å². The number of piperidine rings is 1. The van der Waals surface area contributed by atoms with E-state index in [0.717, 1.165) is 12.1 Å². The Balaban J connectivity index is 1.65. The van der Waals surface area contributed by atoms with Gasteiger partial charge in [0.2, 0.25) is 10.0 Å². The second kappa shape index (κ2) is 9.19. The maximum atomic E-state index is 13.0. The number of likely N-dealkylation sites (tertiary alicyclic amines) is 1. The molecule has 0 bridgehead atoms. The lowest BCUT2D eigenvalue weighted by molar-refractivity contribution is 0.0525.